The van der Waals surface area contributed by atoms with Gasteiger partial charge in [-0.25, -0.2) is 13.8 Å². The maximum Gasteiger partial charge on any atom is 0.264 e. The van der Waals surface area contributed by atoms with Crippen LogP contribution in [0.3, 0.4) is 0 Å². The van der Waals surface area contributed by atoms with Crippen LogP contribution in [-0.2, 0) is 14.8 Å². The van der Waals surface area contributed by atoms with Crippen LogP contribution in [0.25, 0.3) is 0 Å². The van der Waals surface area contributed by atoms with Crippen LogP contribution < -0.4 is 14.5 Å². The van der Waals surface area contributed by atoms with Gasteiger partial charge in [-0.3, -0.25) is 9.10 Å². The van der Waals surface area contributed by atoms with Gasteiger partial charge < -0.3 is 4.74 Å². The molecule has 3 aromatic rings. The molecule has 0 fully saturated rings. The van der Waals surface area contributed by atoms with Crippen LogP contribution in [0, 0.1) is 20.8 Å². The van der Waals surface area contributed by atoms with Crippen molar-refractivity contribution in [1.29, 1.82) is 0 Å². The first kappa shape index (κ1) is 25.5. The third kappa shape index (κ3) is 6.03. The van der Waals surface area contributed by atoms with Gasteiger partial charge in [0.05, 0.1) is 23.9 Å². The average molecular weight is 544 g/mol. The molecule has 3 rings (SSSR count). The van der Waals surface area contributed by atoms with Gasteiger partial charge in [0, 0.05) is 10.0 Å². The van der Waals surface area contributed by atoms with Gasteiger partial charge in [0.1, 0.15) is 12.3 Å². The first-order chi connectivity index (χ1) is 16.1. The monoisotopic (exact) mass is 543 g/mol. The van der Waals surface area contributed by atoms with E-state index < -0.39 is 22.5 Å². The van der Waals surface area contributed by atoms with Crippen molar-refractivity contribution in [1.82, 2.24) is 5.43 Å². The van der Waals surface area contributed by atoms with Gasteiger partial charge in [0.2, 0.25) is 0 Å². The molecule has 34 heavy (non-hydrogen) atoms. The van der Waals surface area contributed by atoms with Crippen LogP contribution in [0.1, 0.15) is 22.3 Å². The van der Waals surface area contributed by atoms with Gasteiger partial charge in [-0.05, 0) is 74.4 Å². The Morgan fingerprint density at radius 2 is 1.74 bits per heavy atom. The lowest BCUT2D eigenvalue weighted by Gasteiger charge is -2.24. The molecule has 0 heterocycles. The number of hydrogen-bond donors (Lipinski definition) is 1. The van der Waals surface area contributed by atoms with Crippen LogP contribution in [0.4, 0.5) is 5.69 Å². The number of halogens is 1. The number of hydrogen-bond acceptors (Lipinski definition) is 5. The summed E-state index contributed by atoms with van der Waals surface area (Å²) >= 11 is 3.39. The summed E-state index contributed by atoms with van der Waals surface area (Å²) in [5, 5.41) is 3.99. The molecule has 3 aromatic carbocycles. The van der Waals surface area contributed by atoms with E-state index in [1.54, 1.807) is 36.4 Å². The highest BCUT2D eigenvalue weighted by Gasteiger charge is 2.27. The van der Waals surface area contributed by atoms with Crippen molar-refractivity contribution in [3.05, 3.63) is 87.4 Å². The Kier molecular flexibility index (Phi) is 8.11. The fraction of sp³-hybridized carbons (Fsp3) is 0.200. The Labute approximate surface area is 208 Å². The van der Waals surface area contributed by atoms with Gasteiger partial charge in [-0.15, -0.1) is 0 Å². The lowest BCUT2D eigenvalue weighted by Crippen LogP contribution is -2.39. The molecule has 0 saturated heterocycles. The number of nitrogens with one attached hydrogen (secondary N) is 1. The highest BCUT2D eigenvalue weighted by Crippen LogP contribution is 2.26. The van der Waals surface area contributed by atoms with E-state index in [4.69, 9.17) is 4.74 Å². The van der Waals surface area contributed by atoms with Gasteiger partial charge in [0.15, 0.2) is 0 Å². The number of ether oxygens (including phenoxy) is 1. The molecular formula is C25H26BrN3O4S. The fourth-order valence-electron chi connectivity index (χ4n) is 3.18. The van der Waals surface area contributed by atoms with E-state index in [9.17, 15) is 13.2 Å². The zero-order chi connectivity index (χ0) is 24.9. The Bertz CT molecular complexity index is 1320. The van der Waals surface area contributed by atoms with E-state index in [0.29, 0.717) is 17.0 Å². The average Bonchev–Trinajstić information content (AvgIpc) is 2.80. The van der Waals surface area contributed by atoms with Gasteiger partial charge >= 0.3 is 0 Å². The number of benzene rings is 3. The van der Waals surface area contributed by atoms with E-state index in [1.165, 1.54) is 25.5 Å². The van der Waals surface area contributed by atoms with Gasteiger partial charge in [0.25, 0.3) is 15.9 Å². The Hall–Kier alpha value is -3.17. The van der Waals surface area contributed by atoms with E-state index >= 15 is 0 Å². The third-order valence-corrected chi connectivity index (χ3v) is 7.54. The largest absolute Gasteiger partial charge is 0.496 e. The molecule has 0 radical (unpaired) electrons. The number of carbonyl (C=O) groups excluding carboxylic acids is 1. The molecule has 0 aliphatic carbocycles. The van der Waals surface area contributed by atoms with Crippen LogP contribution in [0.2, 0.25) is 0 Å². The summed E-state index contributed by atoms with van der Waals surface area (Å²) in [7, 11) is -2.46. The number of hydrazone groups is 1. The van der Waals surface area contributed by atoms with Crippen molar-refractivity contribution >= 4 is 43.8 Å². The second kappa shape index (κ2) is 10.8. The van der Waals surface area contributed by atoms with Crippen LogP contribution in [-0.4, -0.2) is 34.2 Å². The zero-order valence-electron chi connectivity index (χ0n) is 19.4. The van der Waals surface area contributed by atoms with Crippen LogP contribution in [0.15, 0.2) is 75.1 Å². The summed E-state index contributed by atoms with van der Waals surface area (Å²) in [4.78, 5) is 12.9. The molecule has 0 unspecified atom stereocenters. The predicted octanol–water partition coefficient (Wildman–Crippen LogP) is 4.73. The van der Waals surface area contributed by atoms with Crippen molar-refractivity contribution in [3.8, 4) is 5.75 Å². The maximum atomic E-state index is 13.5. The molecule has 9 heteroatoms. The predicted molar refractivity (Wildman–Crippen MR) is 138 cm³/mol. The number of sulfonamides is 1. The highest BCUT2D eigenvalue weighted by atomic mass is 79.9. The Balaban J connectivity index is 1.88. The minimum Gasteiger partial charge on any atom is -0.496 e. The summed E-state index contributed by atoms with van der Waals surface area (Å²) in [5.41, 5.74) is 6.34. The summed E-state index contributed by atoms with van der Waals surface area (Å²) in [6.45, 7) is 5.27. The molecule has 178 valence electrons. The number of rotatable bonds is 8. The van der Waals surface area contributed by atoms with Gasteiger partial charge in [-0.2, -0.15) is 5.10 Å². The summed E-state index contributed by atoms with van der Waals surface area (Å²) in [6, 6.07) is 17.2. The molecule has 0 aliphatic rings. The van der Waals surface area contributed by atoms with Crippen LogP contribution in [0.5, 0.6) is 5.75 Å². The van der Waals surface area contributed by atoms with Crippen molar-refractivity contribution in [2.75, 3.05) is 18.0 Å². The molecule has 1 amide bonds. The fourth-order valence-corrected chi connectivity index (χ4v) is 4.97. The van der Waals surface area contributed by atoms with E-state index in [2.05, 4.69) is 26.5 Å². The van der Waals surface area contributed by atoms with Crippen molar-refractivity contribution in [3.63, 3.8) is 0 Å². The number of methoxy groups -OCH3 is 1. The standard InChI is InChI=1S/C25H26BrN3O4S/c1-17-5-10-23(11-6-17)34(31,32)29(22-9-7-18(2)19(3)13-22)16-25(30)28-27-15-20-14-21(26)8-12-24(20)33-4/h5-15H,16H2,1-4H3,(H,28,30)/b27-15-. The summed E-state index contributed by atoms with van der Waals surface area (Å²) in [5.74, 6) is -0.000895. The van der Waals surface area contributed by atoms with E-state index in [-0.39, 0.29) is 4.90 Å². The Morgan fingerprint density at radius 3 is 2.38 bits per heavy atom. The van der Waals surface area contributed by atoms with E-state index in [0.717, 1.165) is 25.5 Å². The zero-order valence-corrected chi connectivity index (χ0v) is 21.8. The van der Waals surface area contributed by atoms with Crippen molar-refractivity contribution < 1.29 is 17.9 Å². The maximum absolute atomic E-state index is 13.5. The number of amides is 1. The number of aryl methyl sites for hydroxylation is 3. The van der Waals surface area contributed by atoms with E-state index in [1.807, 2.05) is 32.9 Å². The summed E-state index contributed by atoms with van der Waals surface area (Å²) < 4.78 is 34.2. The third-order valence-electron chi connectivity index (χ3n) is 5.26. The highest BCUT2D eigenvalue weighted by molar-refractivity contribution is 9.10. The lowest BCUT2D eigenvalue weighted by atomic mass is 10.1. The lowest BCUT2D eigenvalue weighted by molar-refractivity contribution is -0.119. The first-order valence-corrected chi connectivity index (χ1v) is 12.7. The quantitative estimate of drug-likeness (QED) is 0.328. The molecule has 0 aromatic heterocycles. The van der Waals surface area contributed by atoms with Crippen LogP contribution >= 0.6 is 15.9 Å². The van der Waals surface area contributed by atoms with Crippen molar-refractivity contribution in [2.24, 2.45) is 5.10 Å². The smallest absolute Gasteiger partial charge is 0.264 e. The molecule has 0 bridgehead atoms. The number of nitrogens with zero attached hydrogens (tertiary/aromatic N) is 2. The normalized spacial score (nSPS) is 11.4. The number of anilines is 1. The summed E-state index contributed by atoms with van der Waals surface area (Å²) in [6.07, 6.45) is 1.44. The molecular weight excluding hydrogens is 518 g/mol. The molecule has 0 spiro atoms. The number of carbonyl (C=O) groups is 1. The van der Waals surface area contributed by atoms with Gasteiger partial charge in [-0.1, -0.05) is 39.7 Å². The minimum atomic E-state index is -3.99. The topological polar surface area (TPSA) is 88.1 Å². The second-order valence-corrected chi connectivity index (χ2v) is 10.6. The molecule has 0 aliphatic heterocycles. The first-order valence-electron chi connectivity index (χ1n) is 10.4. The van der Waals surface area contributed by atoms with Crippen molar-refractivity contribution in [2.45, 2.75) is 25.7 Å². The second-order valence-electron chi connectivity index (χ2n) is 7.77. The minimum absolute atomic E-state index is 0.103. The Morgan fingerprint density at radius 1 is 1.03 bits per heavy atom. The molecule has 7 nitrogen and oxygen atoms in total. The molecule has 1 N–H and O–H groups in total. The molecule has 0 atom stereocenters. The molecule has 0 saturated carbocycles. The SMILES string of the molecule is COc1ccc(Br)cc1/C=N\NC(=O)CN(c1ccc(C)c(C)c1)S(=O)(=O)c1ccc(C)cc1.